The normalized spacial score (nSPS) is 21.6. The molecule has 0 amide bonds. The zero-order valence-corrected chi connectivity index (χ0v) is 17.6. The number of rotatable bonds is 5. The van der Waals surface area contributed by atoms with Crippen LogP contribution in [0.2, 0.25) is 5.15 Å². The van der Waals surface area contributed by atoms with Crippen molar-refractivity contribution in [3.8, 4) is 5.88 Å². The molecule has 4 rings (SSSR count). The monoisotopic (exact) mass is 471 g/mol. The van der Waals surface area contributed by atoms with Gasteiger partial charge in [-0.1, -0.05) is 18.0 Å². The minimum atomic E-state index is -4.64. The highest BCUT2D eigenvalue weighted by atomic mass is 35.5. The highest BCUT2D eigenvalue weighted by molar-refractivity contribution is 6.29. The number of hydrogen-bond donors (Lipinski definition) is 3. The second-order valence-corrected chi connectivity index (χ2v) is 8.07. The lowest BCUT2D eigenvalue weighted by Crippen LogP contribution is -2.39. The maximum absolute atomic E-state index is 13.3. The lowest BCUT2D eigenvalue weighted by atomic mass is 9.85. The molecule has 3 N–H and O–H groups in total. The Balaban J connectivity index is 1.48. The molecule has 2 aromatic heterocycles. The van der Waals surface area contributed by atoms with Crippen LogP contribution in [-0.2, 0) is 10.9 Å². The fraction of sp³-hybridized carbons (Fsp3) is 0.526. The third kappa shape index (κ3) is 4.85. The van der Waals surface area contributed by atoms with Gasteiger partial charge >= 0.3 is 6.18 Å². The summed E-state index contributed by atoms with van der Waals surface area (Å²) in [5, 5.41) is 19.6. The van der Waals surface area contributed by atoms with Gasteiger partial charge in [-0.25, -0.2) is 9.97 Å². The highest BCUT2D eigenvalue weighted by Crippen LogP contribution is 2.36. The van der Waals surface area contributed by atoms with Crippen molar-refractivity contribution in [3.05, 3.63) is 34.8 Å². The van der Waals surface area contributed by atoms with Crippen LogP contribution in [-0.4, -0.2) is 50.7 Å². The van der Waals surface area contributed by atoms with Crippen LogP contribution in [0.3, 0.4) is 0 Å². The zero-order valence-electron chi connectivity index (χ0n) is 16.8. The summed E-state index contributed by atoms with van der Waals surface area (Å²) < 4.78 is 51.6. The minimum absolute atomic E-state index is 0.00489. The van der Waals surface area contributed by atoms with Crippen LogP contribution in [0.25, 0.3) is 0 Å². The van der Waals surface area contributed by atoms with Crippen molar-refractivity contribution in [2.24, 2.45) is 5.92 Å². The molecule has 0 radical (unpaired) electrons. The van der Waals surface area contributed by atoms with Crippen molar-refractivity contribution in [1.29, 1.82) is 10.8 Å². The Morgan fingerprint density at radius 1 is 1.28 bits per heavy atom. The van der Waals surface area contributed by atoms with Crippen LogP contribution in [0.15, 0.2) is 18.6 Å². The molecular weight excluding hydrogens is 451 g/mol. The fourth-order valence-corrected chi connectivity index (χ4v) is 3.86. The van der Waals surface area contributed by atoms with Crippen molar-refractivity contribution >= 4 is 23.4 Å². The number of aromatic nitrogens is 4. The van der Waals surface area contributed by atoms with Crippen molar-refractivity contribution in [2.75, 3.05) is 18.5 Å². The van der Waals surface area contributed by atoms with Gasteiger partial charge in [0.25, 0.3) is 0 Å². The summed E-state index contributed by atoms with van der Waals surface area (Å²) in [5.41, 5.74) is -1.10. The summed E-state index contributed by atoms with van der Waals surface area (Å²) in [5.74, 6) is -0.449. The molecule has 0 unspecified atom stereocenters. The Bertz CT molecular complexity index is 1060. The van der Waals surface area contributed by atoms with E-state index in [2.05, 4.69) is 20.3 Å². The van der Waals surface area contributed by atoms with Crippen LogP contribution in [0.1, 0.15) is 31.2 Å². The molecule has 1 saturated carbocycles. The van der Waals surface area contributed by atoms with Crippen LogP contribution >= 0.6 is 11.6 Å². The standard InChI is InChI=1S/C19H21ClF3N7O2/c20-14-16(25)30(5-4-26-14)15(24)10-2-1-3-11(6-10)28-18-27-7-13(19(21,22)23)17(29-18)32-12-8-31-9-12/h4-5,7,10-12,24-25H,1-3,6,8-9H2,(H,27,28,29)/t10-,11+/m0/s1. The molecule has 13 heteroatoms. The van der Waals surface area contributed by atoms with Gasteiger partial charge in [0.1, 0.15) is 17.5 Å². The molecule has 2 atom stereocenters. The number of nitrogens with one attached hydrogen (secondary N) is 3. The zero-order chi connectivity index (χ0) is 22.9. The van der Waals surface area contributed by atoms with E-state index in [1.165, 1.54) is 17.0 Å². The van der Waals surface area contributed by atoms with Crippen molar-refractivity contribution in [1.82, 2.24) is 19.5 Å². The third-order valence-corrected chi connectivity index (χ3v) is 5.72. The Morgan fingerprint density at radius 2 is 2.06 bits per heavy atom. The van der Waals surface area contributed by atoms with Gasteiger partial charge in [-0.05, 0) is 19.3 Å². The van der Waals surface area contributed by atoms with Crippen LogP contribution in [0.4, 0.5) is 19.1 Å². The molecule has 2 aromatic rings. The van der Waals surface area contributed by atoms with E-state index < -0.39 is 23.7 Å². The maximum Gasteiger partial charge on any atom is 0.423 e. The van der Waals surface area contributed by atoms with Crippen LogP contribution in [0, 0.1) is 16.7 Å². The topological polar surface area (TPSA) is 122 Å². The van der Waals surface area contributed by atoms with Gasteiger partial charge in [0.05, 0.1) is 13.2 Å². The van der Waals surface area contributed by atoms with Gasteiger partial charge in [-0.15, -0.1) is 0 Å². The number of hydrogen-bond acceptors (Lipinski definition) is 8. The Hall–Kier alpha value is -2.73. The molecule has 1 aliphatic heterocycles. The number of alkyl halides is 3. The summed E-state index contributed by atoms with van der Waals surface area (Å²) in [6, 6.07) is -0.155. The largest absolute Gasteiger partial charge is 0.469 e. The minimum Gasteiger partial charge on any atom is -0.469 e. The van der Waals surface area contributed by atoms with Gasteiger partial charge in [0.15, 0.2) is 10.6 Å². The average Bonchev–Trinajstić information content (AvgIpc) is 2.72. The molecule has 1 saturated heterocycles. The van der Waals surface area contributed by atoms with E-state index in [0.717, 1.165) is 19.3 Å². The Kier molecular flexibility index (Phi) is 6.33. The summed E-state index contributed by atoms with van der Waals surface area (Å²) >= 11 is 5.90. The molecule has 0 bridgehead atoms. The van der Waals surface area contributed by atoms with Gasteiger partial charge in [0.2, 0.25) is 11.8 Å². The van der Waals surface area contributed by atoms with E-state index in [-0.39, 0.29) is 47.6 Å². The maximum atomic E-state index is 13.3. The summed E-state index contributed by atoms with van der Waals surface area (Å²) in [6.07, 6.45) is 1.36. The molecule has 32 heavy (non-hydrogen) atoms. The number of anilines is 1. The molecule has 2 fully saturated rings. The lowest BCUT2D eigenvalue weighted by molar-refractivity contribution is -0.142. The molecule has 172 valence electrons. The summed E-state index contributed by atoms with van der Waals surface area (Å²) in [6.45, 7) is 0.427. The van der Waals surface area contributed by atoms with Crippen LogP contribution < -0.4 is 15.5 Å². The Labute approximate surface area is 186 Å². The van der Waals surface area contributed by atoms with E-state index in [4.69, 9.17) is 31.9 Å². The Morgan fingerprint density at radius 3 is 2.75 bits per heavy atom. The predicted molar refractivity (Wildman–Crippen MR) is 108 cm³/mol. The molecule has 0 aromatic carbocycles. The van der Waals surface area contributed by atoms with Crippen molar-refractivity contribution in [2.45, 2.75) is 44.0 Å². The SMILES string of the molecule is N=C([C@H]1CCC[C@@H](Nc2ncc(C(F)(F)F)c(OC3COC3)n2)C1)n1ccnc(Cl)c1=N. The molecule has 1 aliphatic carbocycles. The van der Waals surface area contributed by atoms with E-state index in [9.17, 15) is 13.2 Å². The number of halogens is 4. The fourth-order valence-electron chi connectivity index (χ4n) is 3.71. The molecule has 3 heterocycles. The number of ether oxygens (including phenoxy) is 2. The van der Waals surface area contributed by atoms with Gasteiger partial charge in [0, 0.05) is 30.6 Å². The van der Waals surface area contributed by atoms with E-state index in [1.54, 1.807) is 0 Å². The first-order valence-corrected chi connectivity index (χ1v) is 10.4. The van der Waals surface area contributed by atoms with Crippen molar-refractivity contribution < 1.29 is 22.6 Å². The van der Waals surface area contributed by atoms with Gasteiger partial charge < -0.3 is 14.8 Å². The second kappa shape index (κ2) is 9.02. The average molecular weight is 472 g/mol. The number of nitrogens with zero attached hydrogens (tertiary/aromatic N) is 4. The molecule has 2 aliphatic rings. The van der Waals surface area contributed by atoms with E-state index in [1.807, 2.05) is 0 Å². The van der Waals surface area contributed by atoms with Crippen molar-refractivity contribution in [3.63, 3.8) is 0 Å². The smallest absolute Gasteiger partial charge is 0.423 e. The van der Waals surface area contributed by atoms with Gasteiger partial charge in [-0.2, -0.15) is 18.2 Å². The lowest BCUT2D eigenvalue weighted by Gasteiger charge is -2.31. The highest BCUT2D eigenvalue weighted by Gasteiger charge is 2.38. The molecule has 0 spiro atoms. The van der Waals surface area contributed by atoms with Crippen LogP contribution in [0.5, 0.6) is 5.88 Å². The van der Waals surface area contributed by atoms with E-state index >= 15 is 0 Å². The quantitative estimate of drug-likeness (QED) is 0.455. The molecule has 9 nitrogen and oxygen atoms in total. The first-order chi connectivity index (χ1) is 15.2. The third-order valence-electron chi connectivity index (χ3n) is 5.44. The van der Waals surface area contributed by atoms with E-state index in [0.29, 0.717) is 12.6 Å². The second-order valence-electron chi connectivity index (χ2n) is 7.71. The summed E-state index contributed by atoms with van der Waals surface area (Å²) in [4.78, 5) is 11.6. The summed E-state index contributed by atoms with van der Waals surface area (Å²) in [7, 11) is 0. The predicted octanol–water partition coefficient (Wildman–Crippen LogP) is 3.10. The molecular formula is C19H21ClF3N7O2. The first-order valence-electron chi connectivity index (χ1n) is 10.0. The first kappa shape index (κ1) is 22.5. The van der Waals surface area contributed by atoms with Gasteiger partial charge in [-0.3, -0.25) is 15.4 Å².